The van der Waals surface area contributed by atoms with Crippen LogP contribution in [0.2, 0.25) is 0 Å². The van der Waals surface area contributed by atoms with Gasteiger partial charge in [-0.3, -0.25) is 9.59 Å². The number of carbonyl (C=O) groups excluding carboxylic acids is 1. The fourth-order valence-corrected chi connectivity index (χ4v) is 3.64. The fraction of sp³-hybridized carbons (Fsp3) is 0.400. The van der Waals surface area contributed by atoms with Gasteiger partial charge in [-0.1, -0.05) is 51.0 Å². The molecule has 1 N–H and O–H groups in total. The number of aromatic amines is 1. The maximum atomic E-state index is 12.9. The summed E-state index contributed by atoms with van der Waals surface area (Å²) in [4.78, 5) is 33.3. The molecule has 3 aromatic rings. The zero-order chi connectivity index (χ0) is 22.2. The molecule has 2 aromatic carbocycles. The molecule has 3 rings (SSSR count). The van der Waals surface area contributed by atoms with Crippen LogP contribution in [0.5, 0.6) is 5.75 Å². The molecule has 0 saturated heterocycles. The fourth-order valence-electron chi connectivity index (χ4n) is 3.64. The molecule has 1 atom stereocenters. The van der Waals surface area contributed by atoms with E-state index < -0.39 is 6.10 Å². The van der Waals surface area contributed by atoms with Gasteiger partial charge in [-0.25, -0.2) is 4.98 Å². The van der Waals surface area contributed by atoms with E-state index in [2.05, 4.69) is 11.9 Å². The van der Waals surface area contributed by atoms with E-state index in [0.717, 1.165) is 25.7 Å². The lowest BCUT2D eigenvalue weighted by Gasteiger charge is -2.17. The molecule has 0 radical (unpaired) electrons. The lowest BCUT2D eigenvalue weighted by molar-refractivity contribution is -0.129. The van der Waals surface area contributed by atoms with E-state index in [-0.39, 0.29) is 11.3 Å². The molecule has 1 aromatic heterocycles. The number of para-hydroxylation sites is 2. The molecule has 0 saturated carbocycles. The van der Waals surface area contributed by atoms with E-state index in [9.17, 15) is 9.59 Å². The zero-order valence-corrected chi connectivity index (χ0v) is 18.4. The summed E-state index contributed by atoms with van der Waals surface area (Å²) in [5.74, 6) is 1.06. The van der Waals surface area contributed by atoms with Crippen molar-refractivity contribution in [2.75, 3.05) is 13.7 Å². The third-order valence-electron chi connectivity index (χ3n) is 5.21. The van der Waals surface area contributed by atoms with E-state index in [1.165, 1.54) is 7.11 Å². The average Bonchev–Trinajstić information content (AvgIpc) is 2.79. The zero-order valence-electron chi connectivity index (χ0n) is 18.4. The molecule has 0 aliphatic rings. The summed E-state index contributed by atoms with van der Waals surface area (Å²) in [5.41, 5.74) is 1.52. The number of nitrogens with one attached hydrogen (secondary N) is 1. The normalized spacial score (nSPS) is 12.1. The lowest BCUT2D eigenvalue weighted by Crippen LogP contribution is -2.17. The first kappa shape index (κ1) is 22.7. The standard InChI is InChI=1S/C25H30N2O4/c1-4-6-7-14-20(28)23(30-3)18-12-10-13-19-22(18)26-24(27-25(19)29)17-11-8-9-15-21(17)31-16-5-2/h8-13,15,23H,4-7,14,16H2,1-3H3,(H,26,27,29). The number of methoxy groups -OCH3 is 1. The van der Waals surface area contributed by atoms with Gasteiger partial charge in [-0.15, -0.1) is 0 Å². The van der Waals surface area contributed by atoms with E-state index in [4.69, 9.17) is 14.5 Å². The molecule has 0 aliphatic heterocycles. The van der Waals surface area contributed by atoms with Crippen LogP contribution < -0.4 is 10.3 Å². The lowest BCUT2D eigenvalue weighted by atomic mass is 9.98. The number of carbonyl (C=O) groups is 1. The van der Waals surface area contributed by atoms with Crippen molar-refractivity contribution in [1.29, 1.82) is 0 Å². The first-order chi connectivity index (χ1) is 15.1. The quantitative estimate of drug-likeness (QED) is 0.429. The minimum Gasteiger partial charge on any atom is -0.493 e. The minimum atomic E-state index is -0.755. The Kier molecular flexibility index (Phi) is 7.95. The number of benzene rings is 2. The summed E-state index contributed by atoms with van der Waals surface area (Å²) in [6, 6.07) is 12.8. The predicted octanol–water partition coefficient (Wildman–Crippen LogP) is 5.22. The number of ketones is 1. The molecule has 0 bridgehead atoms. The van der Waals surface area contributed by atoms with Gasteiger partial charge in [-0.2, -0.15) is 0 Å². The van der Waals surface area contributed by atoms with Crippen LogP contribution in [-0.4, -0.2) is 29.5 Å². The summed E-state index contributed by atoms with van der Waals surface area (Å²) < 4.78 is 11.4. The van der Waals surface area contributed by atoms with Gasteiger partial charge in [0.05, 0.1) is 23.1 Å². The summed E-state index contributed by atoms with van der Waals surface area (Å²) >= 11 is 0. The van der Waals surface area contributed by atoms with Crippen LogP contribution in [0.4, 0.5) is 0 Å². The number of rotatable bonds is 11. The highest BCUT2D eigenvalue weighted by Gasteiger charge is 2.23. The second-order valence-corrected chi connectivity index (χ2v) is 7.54. The minimum absolute atomic E-state index is 0.00115. The third kappa shape index (κ3) is 5.20. The van der Waals surface area contributed by atoms with Crippen molar-refractivity contribution in [3.63, 3.8) is 0 Å². The van der Waals surface area contributed by atoms with Crippen LogP contribution >= 0.6 is 0 Å². The number of unbranched alkanes of at least 4 members (excludes halogenated alkanes) is 2. The number of aromatic nitrogens is 2. The summed E-state index contributed by atoms with van der Waals surface area (Å²) in [6.45, 7) is 4.70. The Balaban J connectivity index is 2.09. The number of H-pyrrole nitrogens is 1. The molecular weight excluding hydrogens is 392 g/mol. The average molecular weight is 423 g/mol. The number of hydrogen-bond donors (Lipinski definition) is 1. The topological polar surface area (TPSA) is 81.3 Å². The van der Waals surface area contributed by atoms with Crippen LogP contribution in [0.25, 0.3) is 22.3 Å². The van der Waals surface area contributed by atoms with E-state index in [1.807, 2.05) is 37.3 Å². The molecule has 6 nitrogen and oxygen atoms in total. The monoisotopic (exact) mass is 422 g/mol. The number of fused-ring (bicyclic) bond motifs is 1. The van der Waals surface area contributed by atoms with Crippen LogP contribution in [0.3, 0.4) is 0 Å². The van der Waals surface area contributed by atoms with Crippen molar-refractivity contribution in [2.45, 2.75) is 52.1 Å². The molecular formula is C25H30N2O4. The maximum Gasteiger partial charge on any atom is 0.259 e. The predicted molar refractivity (Wildman–Crippen MR) is 122 cm³/mol. The van der Waals surface area contributed by atoms with Crippen molar-refractivity contribution >= 4 is 16.7 Å². The molecule has 1 unspecified atom stereocenters. The summed E-state index contributed by atoms with van der Waals surface area (Å²) in [5, 5.41) is 0.427. The molecule has 1 heterocycles. The molecule has 0 spiro atoms. The first-order valence-corrected chi connectivity index (χ1v) is 10.9. The Labute approximate surface area is 182 Å². The van der Waals surface area contributed by atoms with Crippen LogP contribution in [-0.2, 0) is 9.53 Å². The van der Waals surface area contributed by atoms with Crippen molar-refractivity contribution in [2.24, 2.45) is 0 Å². The number of nitrogens with zero attached hydrogens (tertiary/aromatic N) is 1. The molecule has 6 heteroatoms. The van der Waals surface area contributed by atoms with Crippen molar-refractivity contribution < 1.29 is 14.3 Å². The maximum absolute atomic E-state index is 12.9. The first-order valence-electron chi connectivity index (χ1n) is 10.9. The van der Waals surface area contributed by atoms with Crippen molar-refractivity contribution in [1.82, 2.24) is 9.97 Å². The second-order valence-electron chi connectivity index (χ2n) is 7.54. The van der Waals surface area contributed by atoms with Gasteiger partial charge < -0.3 is 14.5 Å². The van der Waals surface area contributed by atoms with Gasteiger partial charge >= 0.3 is 0 Å². The Bertz CT molecular complexity index is 1090. The van der Waals surface area contributed by atoms with Crippen LogP contribution in [0, 0.1) is 0 Å². The second kappa shape index (κ2) is 10.9. The van der Waals surface area contributed by atoms with Crippen LogP contribution in [0.15, 0.2) is 47.3 Å². The Morgan fingerprint density at radius 3 is 2.61 bits per heavy atom. The highest BCUT2D eigenvalue weighted by molar-refractivity contribution is 5.91. The van der Waals surface area contributed by atoms with Gasteiger partial charge in [0.25, 0.3) is 5.56 Å². The van der Waals surface area contributed by atoms with Gasteiger partial charge in [0.2, 0.25) is 0 Å². The Morgan fingerprint density at radius 2 is 1.87 bits per heavy atom. The number of ether oxygens (including phenoxy) is 2. The smallest absolute Gasteiger partial charge is 0.259 e. The number of Topliss-reactive ketones (excluding diaryl/α,β-unsaturated/α-hetero) is 1. The Hall–Kier alpha value is -2.99. The highest BCUT2D eigenvalue weighted by Crippen LogP contribution is 2.30. The van der Waals surface area contributed by atoms with E-state index in [0.29, 0.717) is 46.6 Å². The van der Waals surface area contributed by atoms with Gasteiger partial charge in [0.1, 0.15) is 17.7 Å². The van der Waals surface area contributed by atoms with Crippen molar-refractivity contribution in [3.05, 3.63) is 58.4 Å². The van der Waals surface area contributed by atoms with Gasteiger partial charge in [-0.05, 0) is 31.0 Å². The van der Waals surface area contributed by atoms with Crippen LogP contribution in [0.1, 0.15) is 57.6 Å². The highest BCUT2D eigenvalue weighted by atomic mass is 16.5. The van der Waals surface area contributed by atoms with E-state index >= 15 is 0 Å². The Morgan fingerprint density at radius 1 is 1.06 bits per heavy atom. The molecule has 0 amide bonds. The number of hydrogen-bond acceptors (Lipinski definition) is 5. The SMILES string of the molecule is CCCCCC(=O)C(OC)c1cccc2c(=O)[nH]c(-c3ccccc3OCCC)nc12. The molecule has 164 valence electrons. The molecule has 0 aliphatic carbocycles. The van der Waals surface area contributed by atoms with Gasteiger partial charge in [0, 0.05) is 19.1 Å². The largest absolute Gasteiger partial charge is 0.493 e. The van der Waals surface area contributed by atoms with E-state index in [1.54, 1.807) is 12.1 Å². The molecule has 31 heavy (non-hydrogen) atoms. The van der Waals surface area contributed by atoms with Gasteiger partial charge in [0.15, 0.2) is 5.78 Å². The summed E-state index contributed by atoms with van der Waals surface area (Å²) in [6.07, 6.45) is 3.41. The van der Waals surface area contributed by atoms with Crippen molar-refractivity contribution in [3.8, 4) is 17.1 Å². The summed E-state index contributed by atoms with van der Waals surface area (Å²) in [7, 11) is 1.52. The third-order valence-corrected chi connectivity index (χ3v) is 5.21. The molecule has 0 fully saturated rings.